The lowest BCUT2D eigenvalue weighted by Gasteiger charge is -2.16. The fraction of sp³-hybridized carbons (Fsp3) is 0.545. The van der Waals surface area contributed by atoms with Crippen molar-refractivity contribution in [3.8, 4) is 0 Å². The van der Waals surface area contributed by atoms with Crippen molar-refractivity contribution in [2.45, 2.75) is 19.4 Å². The van der Waals surface area contributed by atoms with E-state index >= 15 is 0 Å². The first-order valence-corrected chi connectivity index (χ1v) is 6.11. The van der Waals surface area contributed by atoms with E-state index in [2.05, 4.69) is 4.98 Å². The van der Waals surface area contributed by atoms with E-state index in [1.807, 2.05) is 30.8 Å². The van der Waals surface area contributed by atoms with Gasteiger partial charge >= 0.3 is 0 Å². The van der Waals surface area contributed by atoms with Gasteiger partial charge in [-0.05, 0) is 42.4 Å². The zero-order chi connectivity index (χ0) is 9.97. The van der Waals surface area contributed by atoms with Crippen molar-refractivity contribution in [1.29, 1.82) is 0 Å². The summed E-state index contributed by atoms with van der Waals surface area (Å²) in [5.41, 5.74) is 1.96. The van der Waals surface area contributed by atoms with Crippen LogP contribution in [-0.4, -0.2) is 21.6 Å². The highest BCUT2D eigenvalue weighted by Crippen LogP contribution is 2.33. The number of thioether (sulfide) groups is 1. The van der Waals surface area contributed by atoms with E-state index in [4.69, 9.17) is 0 Å². The van der Waals surface area contributed by atoms with Crippen molar-refractivity contribution in [1.82, 2.24) is 4.98 Å². The van der Waals surface area contributed by atoms with Crippen LogP contribution in [-0.2, 0) is 0 Å². The van der Waals surface area contributed by atoms with Crippen LogP contribution in [0, 0.1) is 12.8 Å². The second-order valence-electron chi connectivity index (χ2n) is 3.80. The maximum atomic E-state index is 10.1. The van der Waals surface area contributed by atoms with Crippen LogP contribution in [0.2, 0.25) is 0 Å². The Kier molecular flexibility index (Phi) is 3.08. The normalized spacial score (nSPS) is 23.7. The monoisotopic (exact) mass is 209 g/mol. The highest BCUT2D eigenvalue weighted by atomic mass is 32.2. The van der Waals surface area contributed by atoms with Crippen molar-refractivity contribution >= 4 is 11.8 Å². The lowest BCUT2D eigenvalue weighted by molar-refractivity contribution is 0.121. The second kappa shape index (κ2) is 4.32. The predicted octanol–water partition coefficient (Wildman–Crippen LogP) is 2.18. The van der Waals surface area contributed by atoms with E-state index in [-0.39, 0.29) is 6.10 Å². The highest BCUT2D eigenvalue weighted by Gasteiger charge is 2.24. The Labute approximate surface area is 88.8 Å². The standard InChI is InChI=1S/C11H15NOS/c1-8-2-3-9(6-12-8)11(13)10-4-5-14-7-10/h2-3,6,10-11,13H,4-5,7H2,1H3. The summed E-state index contributed by atoms with van der Waals surface area (Å²) >= 11 is 1.93. The van der Waals surface area contributed by atoms with Crippen molar-refractivity contribution in [3.63, 3.8) is 0 Å². The van der Waals surface area contributed by atoms with Gasteiger partial charge in [0.05, 0.1) is 6.10 Å². The van der Waals surface area contributed by atoms with E-state index in [0.717, 1.165) is 23.4 Å². The Hall–Kier alpha value is -0.540. The van der Waals surface area contributed by atoms with Crippen LogP contribution in [0.25, 0.3) is 0 Å². The van der Waals surface area contributed by atoms with E-state index in [1.54, 1.807) is 6.20 Å². The molecule has 0 radical (unpaired) electrons. The second-order valence-corrected chi connectivity index (χ2v) is 4.95. The zero-order valence-electron chi connectivity index (χ0n) is 8.31. The van der Waals surface area contributed by atoms with Crippen LogP contribution >= 0.6 is 11.8 Å². The molecule has 76 valence electrons. The molecule has 1 aliphatic heterocycles. The molecule has 3 heteroatoms. The largest absolute Gasteiger partial charge is 0.388 e. The smallest absolute Gasteiger partial charge is 0.0841 e. The Morgan fingerprint density at radius 2 is 2.43 bits per heavy atom. The van der Waals surface area contributed by atoms with Crippen molar-refractivity contribution in [2.75, 3.05) is 11.5 Å². The van der Waals surface area contributed by atoms with Crippen LogP contribution < -0.4 is 0 Å². The summed E-state index contributed by atoms with van der Waals surface area (Å²) in [5, 5.41) is 10.1. The van der Waals surface area contributed by atoms with Gasteiger partial charge in [-0.3, -0.25) is 4.98 Å². The molecular formula is C11H15NOS. The van der Waals surface area contributed by atoms with Gasteiger partial charge < -0.3 is 5.11 Å². The summed E-state index contributed by atoms with van der Waals surface area (Å²) in [7, 11) is 0. The summed E-state index contributed by atoms with van der Waals surface area (Å²) in [6.07, 6.45) is 2.60. The number of nitrogens with zero attached hydrogens (tertiary/aromatic N) is 1. The van der Waals surface area contributed by atoms with Gasteiger partial charge in [-0.2, -0.15) is 11.8 Å². The van der Waals surface area contributed by atoms with Crippen molar-refractivity contribution in [3.05, 3.63) is 29.6 Å². The van der Waals surface area contributed by atoms with Gasteiger partial charge in [-0.25, -0.2) is 0 Å². The maximum Gasteiger partial charge on any atom is 0.0841 e. The number of pyridine rings is 1. The lowest BCUT2D eigenvalue weighted by Crippen LogP contribution is -2.11. The molecule has 1 aliphatic rings. The number of hydrogen-bond acceptors (Lipinski definition) is 3. The molecule has 1 aromatic rings. The van der Waals surface area contributed by atoms with Crippen LogP contribution in [0.4, 0.5) is 0 Å². The number of aliphatic hydroxyl groups is 1. The fourth-order valence-corrected chi connectivity index (χ4v) is 3.02. The first-order valence-electron chi connectivity index (χ1n) is 4.96. The van der Waals surface area contributed by atoms with Gasteiger partial charge in [0.2, 0.25) is 0 Å². The Morgan fingerprint density at radius 1 is 1.57 bits per heavy atom. The molecule has 1 saturated heterocycles. The van der Waals surface area contributed by atoms with Crippen molar-refractivity contribution in [2.24, 2.45) is 5.92 Å². The molecule has 0 spiro atoms. The number of aryl methyl sites for hydroxylation is 1. The molecule has 14 heavy (non-hydrogen) atoms. The van der Waals surface area contributed by atoms with E-state index in [9.17, 15) is 5.11 Å². The third-order valence-corrected chi connectivity index (χ3v) is 3.88. The fourth-order valence-electron chi connectivity index (χ4n) is 1.73. The van der Waals surface area contributed by atoms with E-state index in [1.165, 1.54) is 5.75 Å². The Balaban J connectivity index is 2.09. The molecule has 0 bridgehead atoms. The first-order chi connectivity index (χ1) is 6.77. The van der Waals surface area contributed by atoms with Gasteiger partial charge in [-0.15, -0.1) is 0 Å². The number of aromatic nitrogens is 1. The summed E-state index contributed by atoms with van der Waals surface area (Å²) in [4.78, 5) is 4.20. The minimum atomic E-state index is -0.321. The first kappa shape index (κ1) is 9.99. The summed E-state index contributed by atoms with van der Waals surface area (Å²) in [6.45, 7) is 1.96. The molecule has 2 heterocycles. The molecule has 0 saturated carbocycles. The number of rotatable bonds is 2. The lowest BCUT2D eigenvalue weighted by atomic mass is 9.96. The third-order valence-electron chi connectivity index (χ3n) is 2.69. The van der Waals surface area contributed by atoms with E-state index in [0.29, 0.717) is 5.92 Å². The summed E-state index contributed by atoms with van der Waals surface area (Å²) in [5.74, 6) is 2.68. The van der Waals surface area contributed by atoms with Gasteiger partial charge in [0.1, 0.15) is 0 Å². The summed E-state index contributed by atoms with van der Waals surface area (Å²) < 4.78 is 0. The average Bonchev–Trinajstić information content (AvgIpc) is 2.71. The number of hydrogen-bond donors (Lipinski definition) is 1. The van der Waals surface area contributed by atoms with Crippen LogP contribution in [0.3, 0.4) is 0 Å². The Morgan fingerprint density at radius 3 is 3.00 bits per heavy atom. The highest BCUT2D eigenvalue weighted by molar-refractivity contribution is 7.99. The molecule has 0 aromatic carbocycles. The molecule has 2 rings (SSSR count). The minimum absolute atomic E-state index is 0.321. The molecule has 0 aliphatic carbocycles. The molecule has 2 unspecified atom stereocenters. The molecule has 1 fully saturated rings. The van der Waals surface area contributed by atoms with Crippen LogP contribution in [0.15, 0.2) is 18.3 Å². The van der Waals surface area contributed by atoms with Gasteiger partial charge in [0.25, 0.3) is 0 Å². The van der Waals surface area contributed by atoms with Crippen LogP contribution in [0.1, 0.15) is 23.8 Å². The van der Waals surface area contributed by atoms with Gasteiger partial charge in [0, 0.05) is 11.9 Å². The molecule has 2 atom stereocenters. The third kappa shape index (κ3) is 2.10. The maximum absolute atomic E-state index is 10.1. The zero-order valence-corrected chi connectivity index (χ0v) is 9.13. The number of aliphatic hydroxyl groups excluding tert-OH is 1. The average molecular weight is 209 g/mol. The minimum Gasteiger partial charge on any atom is -0.388 e. The molecule has 1 N–H and O–H groups in total. The molecule has 2 nitrogen and oxygen atoms in total. The Bertz CT molecular complexity index is 293. The van der Waals surface area contributed by atoms with Crippen molar-refractivity contribution < 1.29 is 5.11 Å². The molecule has 1 aromatic heterocycles. The van der Waals surface area contributed by atoms with Crippen LogP contribution in [0.5, 0.6) is 0 Å². The molecular weight excluding hydrogens is 194 g/mol. The summed E-state index contributed by atoms with van der Waals surface area (Å²) in [6, 6.07) is 3.94. The van der Waals surface area contributed by atoms with Gasteiger partial charge in [-0.1, -0.05) is 6.07 Å². The quantitative estimate of drug-likeness (QED) is 0.810. The predicted molar refractivity (Wildman–Crippen MR) is 59.4 cm³/mol. The SMILES string of the molecule is Cc1ccc(C(O)C2CCSC2)cn1. The topological polar surface area (TPSA) is 33.1 Å². The molecule has 0 amide bonds. The van der Waals surface area contributed by atoms with Gasteiger partial charge in [0.15, 0.2) is 0 Å². The van der Waals surface area contributed by atoms with E-state index < -0.39 is 0 Å².